The summed E-state index contributed by atoms with van der Waals surface area (Å²) in [6.45, 7) is 2.69. The Morgan fingerprint density at radius 3 is 2.96 bits per heavy atom. The fourth-order valence-corrected chi connectivity index (χ4v) is 2.72. The standard InChI is InChI=1S/C17H21N5O2/c1-21(11-14-3-2-4-18-9-14)13-17(23)22-7-8-24-16(12-22)15-10-19-5-6-20-15/h2-6,9-10,16H,7-8,11-13H2,1H3. The first kappa shape index (κ1) is 16.5. The SMILES string of the molecule is CN(CC(=O)N1CCOC(c2cnccn2)C1)Cc1cccnc1. The van der Waals surface area contributed by atoms with Gasteiger partial charge < -0.3 is 9.64 Å². The van der Waals surface area contributed by atoms with Crippen molar-refractivity contribution in [2.45, 2.75) is 12.6 Å². The van der Waals surface area contributed by atoms with Crippen LogP contribution in [0.5, 0.6) is 0 Å². The molecule has 0 N–H and O–H groups in total. The Kier molecular flexibility index (Phi) is 5.45. The highest BCUT2D eigenvalue weighted by atomic mass is 16.5. The Labute approximate surface area is 141 Å². The molecule has 1 aliphatic rings. The van der Waals surface area contributed by atoms with E-state index in [1.165, 1.54) is 0 Å². The molecule has 1 fully saturated rings. The van der Waals surface area contributed by atoms with Crippen LogP contribution in [0.25, 0.3) is 0 Å². The second-order valence-corrected chi connectivity index (χ2v) is 5.86. The minimum absolute atomic E-state index is 0.0959. The Bertz CT molecular complexity index is 653. The fourth-order valence-electron chi connectivity index (χ4n) is 2.72. The molecule has 1 atom stereocenters. The van der Waals surface area contributed by atoms with E-state index in [2.05, 4.69) is 15.0 Å². The second kappa shape index (κ2) is 7.94. The van der Waals surface area contributed by atoms with Gasteiger partial charge in [-0.25, -0.2) is 0 Å². The first-order valence-electron chi connectivity index (χ1n) is 7.95. The predicted molar refractivity (Wildman–Crippen MR) is 87.9 cm³/mol. The Balaban J connectivity index is 1.54. The lowest BCUT2D eigenvalue weighted by molar-refractivity contribution is -0.140. The summed E-state index contributed by atoms with van der Waals surface area (Å²) in [5.74, 6) is 0.0959. The summed E-state index contributed by atoms with van der Waals surface area (Å²) in [6, 6.07) is 3.91. The number of amides is 1. The number of hydrogen-bond acceptors (Lipinski definition) is 6. The van der Waals surface area contributed by atoms with Gasteiger partial charge in [-0.3, -0.25) is 24.6 Å². The minimum Gasteiger partial charge on any atom is -0.368 e. The largest absolute Gasteiger partial charge is 0.368 e. The third kappa shape index (κ3) is 4.33. The van der Waals surface area contributed by atoms with Crippen LogP contribution < -0.4 is 0 Å². The zero-order valence-corrected chi connectivity index (χ0v) is 13.7. The number of nitrogens with zero attached hydrogens (tertiary/aromatic N) is 5. The lowest BCUT2D eigenvalue weighted by atomic mass is 10.2. The number of morpholine rings is 1. The van der Waals surface area contributed by atoms with Gasteiger partial charge in [0.25, 0.3) is 0 Å². The molecule has 1 saturated heterocycles. The molecular formula is C17H21N5O2. The van der Waals surface area contributed by atoms with E-state index >= 15 is 0 Å². The van der Waals surface area contributed by atoms with Crippen LogP contribution in [-0.4, -0.2) is 63.9 Å². The van der Waals surface area contributed by atoms with Crippen molar-refractivity contribution in [3.8, 4) is 0 Å². The van der Waals surface area contributed by atoms with Gasteiger partial charge >= 0.3 is 0 Å². The van der Waals surface area contributed by atoms with Gasteiger partial charge in [0, 0.05) is 37.9 Å². The van der Waals surface area contributed by atoms with E-state index in [0.717, 1.165) is 11.3 Å². The molecule has 7 nitrogen and oxygen atoms in total. The van der Waals surface area contributed by atoms with E-state index in [1.807, 2.05) is 35.2 Å². The topological polar surface area (TPSA) is 71.5 Å². The van der Waals surface area contributed by atoms with Crippen LogP contribution in [0.1, 0.15) is 17.4 Å². The Morgan fingerprint density at radius 1 is 1.33 bits per heavy atom. The molecule has 0 aromatic carbocycles. The van der Waals surface area contributed by atoms with Crippen LogP contribution >= 0.6 is 0 Å². The lowest BCUT2D eigenvalue weighted by Gasteiger charge is -2.33. The molecule has 2 aromatic rings. The summed E-state index contributed by atoms with van der Waals surface area (Å²) < 4.78 is 5.73. The molecule has 2 aromatic heterocycles. The van der Waals surface area contributed by atoms with Gasteiger partial charge in [-0.15, -0.1) is 0 Å². The van der Waals surface area contributed by atoms with E-state index in [4.69, 9.17) is 4.74 Å². The van der Waals surface area contributed by atoms with E-state index < -0.39 is 0 Å². The van der Waals surface area contributed by atoms with Gasteiger partial charge in [0.15, 0.2) is 0 Å². The third-order valence-electron chi connectivity index (χ3n) is 3.91. The van der Waals surface area contributed by atoms with Crippen molar-refractivity contribution in [2.75, 3.05) is 33.3 Å². The maximum absolute atomic E-state index is 12.6. The molecule has 0 spiro atoms. The summed E-state index contributed by atoms with van der Waals surface area (Å²) in [5, 5.41) is 0. The highest BCUT2D eigenvalue weighted by Crippen LogP contribution is 2.19. The van der Waals surface area contributed by atoms with Crippen LogP contribution in [0.3, 0.4) is 0 Å². The minimum atomic E-state index is -0.208. The number of carbonyl (C=O) groups is 1. The van der Waals surface area contributed by atoms with E-state index in [1.54, 1.807) is 24.8 Å². The smallest absolute Gasteiger partial charge is 0.236 e. The predicted octanol–water partition coefficient (Wildman–Crippen LogP) is 0.903. The molecule has 0 aliphatic carbocycles. The number of ether oxygens (including phenoxy) is 1. The van der Waals surface area contributed by atoms with Gasteiger partial charge in [-0.05, 0) is 18.7 Å². The van der Waals surface area contributed by atoms with Crippen molar-refractivity contribution in [2.24, 2.45) is 0 Å². The summed E-state index contributed by atoms with van der Waals surface area (Å²) in [6.07, 6.45) is 8.31. The zero-order valence-electron chi connectivity index (χ0n) is 13.7. The maximum atomic E-state index is 12.6. The third-order valence-corrected chi connectivity index (χ3v) is 3.91. The molecule has 3 heterocycles. The molecule has 3 rings (SSSR count). The number of aromatic nitrogens is 3. The molecule has 0 bridgehead atoms. The summed E-state index contributed by atoms with van der Waals surface area (Å²) >= 11 is 0. The molecular weight excluding hydrogens is 306 g/mol. The highest BCUT2D eigenvalue weighted by molar-refractivity contribution is 5.78. The lowest BCUT2D eigenvalue weighted by Crippen LogP contribution is -2.46. The highest BCUT2D eigenvalue weighted by Gasteiger charge is 2.26. The van der Waals surface area contributed by atoms with E-state index in [9.17, 15) is 4.79 Å². The van der Waals surface area contributed by atoms with Crippen LogP contribution in [-0.2, 0) is 16.1 Å². The fraction of sp³-hybridized carbons (Fsp3) is 0.412. The second-order valence-electron chi connectivity index (χ2n) is 5.86. The quantitative estimate of drug-likeness (QED) is 0.813. The van der Waals surface area contributed by atoms with Crippen molar-refractivity contribution in [1.82, 2.24) is 24.8 Å². The first-order valence-corrected chi connectivity index (χ1v) is 7.95. The summed E-state index contributed by atoms with van der Waals surface area (Å²) in [7, 11) is 1.94. The van der Waals surface area contributed by atoms with E-state index in [0.29, 0.717) is 32.8 Å². The molecule has 1 amide bonds. The van der Waals surface area contributed by atoms with Crippen LogP contribution in [0.4, 0.5) is 0 Å². The molecule has 126 valence electrons. The normalized spacial score (nSPS) is 17.9. The molecule has 1 unspecified atom stereocenters. The molecule has 7 heteroatoms. The van der Waals surface area contributed by atoms with Crippen molar-refractivity contribution in [1.29, 1.82) is 0 Å². The van der Waals surface area contributed by atoms with E-state index in [-0.39, 0.29) is 12.0 Å². The average Bonchev–Trinajstić information content (AvgIpc) is 2.63. The Morgan fingerprint density at radius 2 is 2.21 bits per heavy atom. The zero-order chi connectivity index (χ0) is 16.8. The summed E-state index contributed by atoms with van der Waals surface area (Å²) in [4.78, 5) is 28.8. The first-order chi connectivity index (χ1) is 11.7. The van der Waals surface area contributed by atoms with Crippen LogP contribution in [0.15, 0.2) is 43.1 Å². The van der Waals surface area contributed by atoms with Gasteiger partial charge in [-0.1, -0.05) is 6.07 Å². The molecule has 0 saturated carbocycles. The van der Waals surface area contributed by atoms with Crippen molar-refractivity contribution in [3.05, 3.63) is 54.4 Å². The molecule has 0 radical (unpaired) electrons. The summed E-state index contributed by atoms with van der Waals surface area (Å²) in [5.41, 5.74) is 1.85. The number of rotatable bonds is 5. The van der Waals surface area contributed by atoms with Gasteiger partial charge in [0.1, 0.15) is 6.10 Å². The maximum Gasteiger partial charge on any atom is 0.236 e. The number of hydrogen-bond donors (Lipinski definition) is 0. The Hall–Kier alpha value is -2.38. The van der Waals surface area contributed by atoms with Gasteiger partial charge in [0.2, 0.25) is 5.91 Å². The van der Waals surface area contributed by atoms with Crippen molar-refractivity contribution in [3.63, 3.8) is 0 Å². The average molecular weight is 327 g/mol. The van der Waals surface area contributed by atoms with Crippen molar-refractivity contribution < 1.29 is 9.53 Å². The molecule has 24 heavy (non-hydrogen) atoms. The van der Waals surface area contributed by atoms with Crippen LogP contribution in [0, 0.1) is 0 Å². The van der Waals surface area contributed by atoms with Gasteiger partial charge in [0.05, 0.1) is 31.6 Å². The molecule has 1 aliphatic heterocycles. The van der Waals surface area contributed by atoms with Crippen molar-refractivity contribution >= 4 is 5.91 Å². The van der Waals surface area contributed by atoms with Gasteiger partial charge in [-0.2, -0.15) is 0 Å². The monoisotopic (exact) mass is 327 g/mol. The van der Waals surface area contributed by atoms with Crippen LogP contribution in [0.2, 0.25) is 0 Å². The number of pyridine rings is 1. The number of likely N-dealkylation sites (N-methyl/N-ethyl adjacent to an activating group) is 1. The number of carbonyl (C=O) groups excluding carboxylic acids is 1.